The van der Waals surface area contributed by atoms with Crippen LogP contribution in [0, 0.1) is 0 Å². The van der Waals surface area contributed by atoms with Crippen LogP contribution >= 0.6 is 0 Å². The van der Waals surface area contributed by atoms with E-state index >= 15 is 0 Å². The topological polar surface area (TPSA) is 32.3 Å². The quantitative estimate of drug-likeness (QED) is 0.881. The van der Waals surface area contributed by atoms with Gasteiger partial charge in [-0.25, -0.2) is 0 Å². The molecular weight excluding hydrogens is 244 g/mol. The summed E-state index contributed by atoms with van der Waals surface area (Å²) in [7, 11) is -0.575. The molecule has 0 radical (unpaired) electrons. The second-order valence-electron chi connectivity index (χ2n) is 5.10. The van der Waals surface area contributed by atoms with Crippen molar-refractivity contribution in [1.82, 2.24) is 4.90 Å². The summed E-state index contributed by atoms with van der Waals surface area (Å²) in [6, 6.07) is 6.58. The average Bonchev–Trinajstić information content (AvgIpc) is 2.42. The maximum atomic E-state index is 11.4. The lowest BCUT2D eigenvalue weighted by Gasteiger charge is -2.28. The summed E-state index contributed by atoms with van der Waals surface area (Å²) >= 11 is 0. The Labute approximate surface area is 111 Å². The van der Waals surface area contributed by atoms with Gasteiger partial charge in [-0.1, -0.05) is 12.1 Å². The molecule has 2 aliphatic rings. The summed E-state index contributed by atoms with van der Waals surface area (Å²) in [6.07, 6.45) is 2.42. The van der Waals surface area contributed by atoms with Gasteiger partial charge in [0.1, 0.15) is 0 Å². The van der Waals surface area contributed by atoms with Gasteiger partial charge in [-0.15, -0.1) is 0 Å². The van der Waals surface area contributed by atoms with Gasteiger partial charge in [-0.3, -0.25) is 9.11 Å². The fourth-order valence-corrected chi connectivity index (χ4v) is 3.93. The molecule has 0 amide bonds. The Morgan fingerprint density at radius 2 is 2.11 bits per heavy atom. The van der Waals surface area contributed by atoms with Crippen LogP contribution < -0.4 is 5.32 Å². The van der Waals surface area contributed by atoms with E-state index in [1.165, 1.54) is 29.7 Å². The van der Waals surface area contributed by atoms with Crippen LogP contribution in [0.5, 0.6) is 0 Å². The minimum Gasteiger partial charge on any atom is -0.385 e. The first-order valence-corrected chi connectivity index (χ1v) is 8.24. The Hall–Kier alpha value is -0.870. The molecule has 1 aromatic carbocycles. The molecule has 0 spiro atoms. The molecule has 1 saturated heterocycles. The number of hydrogen-bond donors (Lipinski definition) is 1. The van der Waals surface area contributed by atoms with Crippen molar-refractivity contribution < 1.29 is 4.21 Å². The van der Waals surface area contributed by atoms with E-state index in [0.717, 1.165) is 37.7 Å². The number of hydrogen-bond acceptors (Lipinski definition) is 3. The van der Waals surface area contributed by atoms with E-state index in [-0.39, 0.29) is 0 Å². The summed E-state index contributed by atoms with van der Waals surface area (Å²) in [6.45, 7) is 4.06. The van der Waals surface area contributed by atoms with Crippen LogP contribution in [0.15, 0.2) is 18.2 Å². The summed E-state index contributed by atoms with van der Waals surface area (Å²) in [5.41, 5.74) is 4.27. The van der Waals surface area contributed by atoms with Crippen LogP contribution in [0.1, 0.15) is 17.5 Å². The Morgan fingerprint density at radius 1 is 1.28 bits per heavy atom. The second-order valence-corrected chi connectivity index (χ2v) is 6.79. The van der Waals surface area contributed by atoms with Crippen molar-refractivity contribution >= 4 is 16.5 Å². The van der Waals surface area contributed by atoms with Crippen LogP contribution in [-0.4, -0.2) is 40.2 Å². The van der Waals surface area contributed by atoms with Crippen molar-refractivity contribution in [2.45, 2.75) is 19.4 Å². The van der Waals surface area contributed by atoms with Crippen LogP contribution in [0.25, 0.3) is 0 Å². The van der Waals surface area contributed by atoms with Crippen molar-refractivity contribution in [3.05, 3.63) is 29.3 Å². The predicted octanol–water partition coefficient (Wildman–Crippen LogP) is 1.61. The number of nitrogens with zero attached hydrogens (tertiary/aromatic N) is 1. The average molecular weight is 264 g/mol. The van der Waals surface area contributed by atoms with Gasteiger partial charge in [-0.2, -0.15) is 0 Å². The van der Waals surface area contributed by atoms with E-state index in [1.54, 1.807) is 0 Å². The summed E-state index contributed by atoms with van der Waals surface area (Å²) in [4.78, 5) is 2.44. The van der Waals surface area contributed by atoms with Gasteiger partial charge in [0, 0.05) is 54.2 Å². The first-order chi connectivity index (χ1) is 8.83. The highest BCUT2D eigenvalue weighted by atomic mass is 32.2. The molecule has 1 N–H and O–H groups in total. The number of anilines is 1. The number of fused-ring (bicyclic) bond motifs is 1. The van der Waals surface area contributed by atoms with Crippen molar-refractivity contribution in [1.29, 1.82) is 0 Å². The molecule has 98 valence electrons. The van der Waals surface area contributed by atoms with E-state index in [2.05, 4.69) is 28.4 Å². The minimum absolute atomic E-state index is 0.575. The molecule has 3 nitrogen and oxygen atoms in total. The maximum Gasteiger partial charge on any atom is 0.0375 e. The molecule has 0 aromatic heterocycles. The number of rotatable bonds is 2. The molecule has 0 bridgehead atoms. The van der Waals surface area contributed by atoms with Crippen LogP contribution in [0.2, 0.25) is 0 Å². The monoisotopic (exact) mass is 264 g/mol. The van der Waals surface area contributed by atoms with Gasteiger partial charge >= 0.3 is 0 Å². The fourth-order valence-electron chi connectivity index (χ4n) is 2.81. The fraction of sp³-hybridized carbons (Fsp3) is 0.571. The third kappa shape index (κ3) is 2.59. The zero-order valence-corrected chi connectivity index (χ0v) is 11.5. The SMILES string of the molecule is O=S1CCN(Cc2cccc3c2CCCN3)CC1. The summed E-state index contributed by atoms with van der Waals surface area (Å²) in [5.74, 6) is 1.68. The highest BCUT2D eigenvalue weighted by Gasteiger charge is 2.18. The molecule has 2 aliphatic heterocycles. The first kappa shape index (κ1) is 12.2. The largest absolute Gasteiger partial charge is 0.385 e. The lowest BCUT2D eigenvalue weighted by Crippen LogP contribution is -2.37. The zero-order chi connectivity index (χ0) is 12.4. The van der Waals surface area contributed by atoms with E-state index in [9.17, 15) is 4.21 Å². The molecule has 18 heavy (non-hydrogen) atoms. The molecule has 1 fully saturated rings. The van der Waals surface area contributed by atoms with Crippen LogP contribution in [0.4, 0.5) is 5.69 Å². The standard InChI is InChI=1S/C14H20N2OS/c17-18-9-7-16(8-10-18)11-12-3-1-5-14-13(12)4-2-6-15-14/h1,3,5,15H,2,4,6-11H2. The Morgan fingerprint density at radius 3 is 2.94 bits per heavy atom. The van der Waals surface area contributed by atoms with Gasteiger partial charge in [-0.05, 0) is 30.0 Å². The van der Waals surface area contributed by atoms with Gasteiger partial charge in [0.2, 0.25) is 0 Å². The van der Waals surface area contributed by atoms with Gasteiger partial charge in [0.25, 0.3) is 0 Å². The normalized spacial score (nSPS) is 21.3. The molecule has 0 atom stereocenters. The smallest absolute Gasteiger partial charge is 0.0375 e. The Kier molecular flexibility index (Phi) is 3.66. The van der Waals surface area contributed by atoms with Gasteiger partial charge in [0.05, 0.1) is 0 Å². The molecule has 1 aromatic rings. The molecule has 0 saturated carbocycles. The molecule has 4 heteroatoms. The predicted molar refractivity (Wildman–Crippen MR) is 76.4 cm³/mol. The molecule has 0 aliphatic carbocycles. The lowest BCUT2D eigenvalue weighted by molar-refractivity contribution is 0.290. The van der Waals surface area contributed by atoms with Crippen molar-refractivity contribution in [2.24, 2.45) is 0 Å². The second kappa shape index (κ2) is 5.41. The third-order valence-electron chi connectivity index (χ3n) is 3.86. The van der Waals surface area contributed by atoms with Crippen LogP contribution in [0.3, 0.4) is 0 Å². The molecule has 0 unspecified atom stereocenters. The van der Waals surface area contributed by atoms with E-state index in [0.29, 0.717) is 0 Å². The highest BCUT2D eigenvalue weighted by Crippen LogP contribution is 2.26. The van der Waals surface area contributed by atoms with E-state index in [4.69, 9.17) is 0 Å². The van der Waals surface area contributed by atoms with Crippen molar-refractivity contribution in [2.75, 3.05) is 36.5 Å². The molecule has 2 heterocycles. The number of nitrogens with one attached hydrogen (secondary N) is 1. The maximum absolute atomic E-state index is 11.4. The van der Waals surface area contributed by atoms with Crippen molar-refractivity contribution in [3.63, 3.8) is 0 Å². The molecular formula is C14H20N2OS. The third-order valence-corrected chi connectivity index (χ3v) is 5.13. The Balaban J connectivity index is 1.74. The first-order valence-electron chi connectivity index (χ1n) is 6.75. The van der Waals surface area contributed by atoms with Crippen LogP contribution in [-0.2, 0) is 23.8 Å². The van der Waals surface area contributed by atoms with Gasteiger partial charge < -0.3 is 5.32 Å². The minimum atomic E-state index is -0.575. The van der Waals surface area contributed by atoms with E-state index in [1.807, 2.05) is 0 Å². The Bertz CT molecular complexity index is 451. The van der Waals surface area contributed by atoms with E-state index < -0.39 is 10.8 Å². The lowest BCUT2D eigenvalue weighted by atomic mass is 9.97. The van der Waals surface area contributed by atoms with Gasteiger partial charge in [0.15, 0.2) is 0 Å². The molecule has 3 rings (SSSR count). The summed E-state index contributed by atoms with van der Waals surface area (Å²) < 4.78 is 11.4. The number of benzene rings is 1. The zero-order valence-electron chi connectivity index (χ0n) is 10.7. The summed E-state index contributed by atoms with van der Waals surface area (Å²) in [5, 5.41) is 3.48. The van der Waals surface area contributed by atoms with Crippen molar-refractivity contribution in [3.8, 4) is 0 Å². The highest BCUT2D eigenvalue weighted by molar-refractivity contribution is 7.85.